The van der Waals surface area contributed by atoms with Gasteiger partial charge in [0.1, 0.15) is 0 Å². The van der Waals surface area contributed by atoms with Crippen molar-refractivity contribution in [1.29, 1.82) is 0 Å². The molecule has 1 aromatic rings. The van der Waals surface area contributed by atoms with Gasteiger partial charge in [-0.2, -0.15) is 11.8 Å². The smallest absolute Gasteiger partial charge is 0.240 e. The molecule has 0 aromatic heterocycles. The Morgan fingerprint density at radius 1 is 1.35 bits per heavy atom. The van der Waals surface area contributed by atoms with Crippen LogP contribution in [0, 0.1) is 13.8 Å². The molecule has 0 heterocycles. The van der Waals surface area contributed by atoms with Crippen LogP contribution in [0.25, 0.3) is 0 Å². The van der Waals surface area contributed by atoms with E-state index < -0.39 is 10.0 Å². The topological polar surface area (TPSA) is 72.2 Å². The molecule has 114 valence electrons. The van der Waals surface area contributed by atoms with Gasteiger partial charge in [-0.1, -0.05) is 13.0 Å². The molecule has 1 unspecified atom stereocenters. The number of hydrogen-bond acceptors (Lipinski definition) is 4. The zero-order valence-corrected chi connectivity index (χ0v) is 14.2. The lowest BCUT2D eigenvalue weighted by Crippen LogP contribution is -2.27. The van der Waals surface area contributed by atoms with E-state index >= 15 is 0 Å². The van der Waals surface area contributed by atoms with Gasteiger partial charge >= 0.3 is 0 Å². The van der Waals surface area contributed by atoms with Gasteiger partial charge in [0.15, 0.2) is 0 Å². The van der Waals surface area contributed by atoms with Crippen molar-refractivity contribution in [3.63, 3.8) is 0 Å². The van der Waals surface area contributed by atoms with E-state index in [1.807, 2.05) is 26.2 Å². The minimum atomic E-state index is -3.46. The molecule has 0 spiro atoms. The molecule has 0 aliphatic heterocycles. The maximum atomic E-state index is 12.4. The number of nitrogens with one attached hydrogen (secondary N) is 1. The van der Waals surface area contributed by atoms with Gasteiger partial charge in [0.05, 0.1) is 4.90 Å². The Morgan fingerprint density at radius 3 is 2.55 bits per heavy atom. The standard InChI is InChI=1S/C14H24N2O2S2/c1-10-7-13(9-15)8-14(12(10)3)20(17,18)16-6-5-11(2)19-4/h7-8,11,16H,5-6,9,15H2,1-4H3. The van der Waals surface area contributed by atoms with Crippen LogP contribution >= 0.6 is 11.8 Å². The maximum absolute atomic E-state index is 12.4. The van der Waals surface area contributed by atoms with Gasteiger partial charge in [-0.3, -0.25) is 0 Å². The van der Waals surface area contributed by atoms with E-state index in [4.69, 9.17) is 5.73 Å². The molecule has 0 aliphatic carbocycles. The van der Waals surface area contributed by atoms with E-state index in [9.17, 15) is 8.42 Å². The summed E-state index contributed by atoms with van der Waals surface area (Å²) < 4.78 is 27.4. The van der Waals surface area contributed by atoms with Crippen LogP contribution < -0.4 is 10.5 Å². The summed E-state index contributed by atoms with van der Waals surface area (Å²) >= 11 is 1.73. The average molecular weight is 316 g/mol. The van der Waals surface area contributed by atoms with Crippen molar-refractivity contribution in [1.82, 2.24) is 4.72 Å². The molecule has 0 fully saturated rings. The molecule has 1 atom stereocenters. The fourth-order valence-electron chi connectivity index (χ4n) is 1.89. The number of aryl methyl sites for hydroxylation is 1. The van der Waals surface area contributed by atoms with Gasteiger partial charge in [0.25, 0.3) is 0 Å². The number of sulfonamides is 1. The summed E-state index contributed by atoms with van der Waals surface area (Å²) in [5.41, 5.74) is 8.19. The summed E-state index contributed by atoms with van der Waals surface area (Å²) in [6, 6.07) is 3.60. The summed E-state index contributed by atoms with van der Waals surface area (Å²) in [6.45, 7) is 6.62. The lowest BCUT2D eigenvalue weighted by Gasteiger charge is -2.14. The summed E-state index contributed by atoms with van der Waals surface area (Å²) in [5, 5.41) is 0.441. The second kappa shape index (κ2) is 7.45. The Morgan fingerprint density at radius 2 is 2.00 bits per heavy atom. The second-order valence-electron chi connectivity index (χ2n) is 4.97. The van der Waals surface area contributed by atoms with Crippen molar-refractivity contribution < 1.29 is 8.42 Å². The van der Waals surface area contributed by atoms with Crippen LogP contribution in [0.1, 0.15) is 30.0 Å². The zero-order valence-electron chi connectivity index (χ0n) is 12.6. The number of benzene rings is 1. The lowest BCUT2D eigenvalue weighted by atomic mass is 10.1. The molecule has 1 aromatic carbocycles. The van der Waals surface area contributed by atoms with E-state index in [1.165, 1.54) is 0 Å². The van der Waals surface area contributed by atoms with Crippen LogP contribution in [0.5, 0.6) is 0 Å². The quantitative estimate of drug-likeness (QED) is 0.809. The first-order chi connectivity index (χ1) is 9.31. The Balaban J connectivity index is 2.95. The molecule has 0 bridgehead atoms. The van der Waals surface area contributed by atoms with E-state index in [0.29, 0.717) is 23.2 Å². The monoisotopic (exact) mass is 316 g/mol. The summed E-state index contributed by atoms with van der Waals surface area (Å²) in [6.07, 6.45) is 2.84. The van der Waals surface area contributed by atoms with Gasteiger partial charge in [-0.15, -0.1) is 0 Å². The third-order valence-electron chi connectivity index (χ3n) is 3.45. The molecule has 20 heavy (non-hydrogen) atoms. The highest BCUT2D eigenvalue weighted by molar-refractivity contribution is 7.99. The minimum absolute atomic E-state index is 0.340. The van der Waals surface area contributed by atoms with E-state index in [2.05, 4.69) is 11.6 Å². The Bertz CT molecular complexity index is 557. The highest BCUT2D eigenvalue weighted by atomic mass is 32.2. The van der Waals surface area contributed by atoms with Crippen LogP contribution in [0.4, 0.5) is 0 Å². The summed E-state index contributed by atoms with van der Waals surface area (Å²) in [4.78, 5) is 0.342. The van der Waals surface area contributed by atoms with Gasteiger partial charge in [0, 0.05) is 18.3 Å². The average Bonchev–Trinajstić information content (AvgIpc) is 2.40. The number of nitrogens with two attached hydrogens (primary N) is 1. The molecule has 0 amide bonds. The first-order valence-electron chi connectivity index (χ1n) is 6.64. The van der Waals surface area contributed by atoms with Crippen molar-refractivity contribution in [3.8, 4) is 0 Å². The van der Waals surface area contributed by atoms with Gasteiger partial charge in [-0.25, -0.2) is 13.1 Å². The Labute approximate surface area is 126 Å². The summed E-state index contributed by atoms with van der Waals surface area (Å²) in [7, 11) is -3.46. The largest absolute Gasteiger partial charge is 0.326 e. The molecule has 0 saturated carbocycles. The molecule has 1 rings (SSSR count). The maximum Gasteiger partial charge on any atom is 0.240 e. The zero-order chi connectivity index (χ0) is 15.3. The van der Waals surface area contributed by atoms with Crippen LogP contribution in [0.2, 0.25) is 0 Å². The van der Waals surface area contributed by atoms with E-state index in [-0.39, 0.29) is 0 Å². The highest BCUT2D eigenvalue weighted by Gasteiger charge is 2.18. The van der Waals surface area contributed by atoms with E-state index in [0.717, 1.165) is 23.1 Å². The Hall–Kier alpha value is -0.560. The van der Waals surface area contributed by atoms with Crippen molar-refractivity contribution in [2.24, 2.45) is 5.73 Å². The van der Waals surface area contributed by atoms with Crippen molar-refractivity contribution in [2.75, 3.05) is 12.8 Å². The molecule has 0 aliphatic rings. The minimum Gasteiger partial charge on any atom is -0.326 e. The van der Waals surface area contributed by atoms with Gasteiger partial charge < -0.3 is 5.73 Å². The van der Waals surface area contributed by atoms with Crippen LogP contribution in [0.3, 0.4) is 0 Å². The van der Waals surface area contributed by atoms with Crippen molar-refractivity contribution in [3.05, 3.63) is 28.8 Å². The first-order valence-corrected chi connectivity index (χ1v) is 9.41. The molecule has 0 radical (unpaired) electrons. The van der Waals surface area contributed by atoms with Gasteiger partial charge in [-0.05, 0) is 49.3 Å². The number of rotatable bonds is 7. The fourth-order valence-corrected chi connectivity index (χ4v) is 3.65. The van der Waals surface area contributed by atoms with Crippen molar-refractivity contribution in [2.45, 2.75) is 43.9 Å². The molecule has 6 heteroatoms. The molecule has 3 N–H and O–H groups in total. The molecular weight excluding hydrogens is 292 g/mol. The number of hydrogen-bond donors (Lipinski definition) is 2. The second-order valence-corrected chi connectivity index (χ2v) is 7.98. The normalized spacial score (nSPS) is 13.4. The van der Waals surface area contributed by atoms with Crippen LogP contribution in [-0.4, -0.2) is 26.5 Å². The third kappa shape index (κ3) is 4.48. The molecule has 4 nitrogen and oxygen atoms in total. The lowest BCUT2D eigenvalue weighted by molar-refractivity contribution is 0.578. The molecule has 0 saturated heterocycles. The van der Waals surface area contributed by atoms with Crippen LogP contribution in [0.15, 0.2) is 17.0 Å². The van der Waals surface area contributed by atoms with E-state index in [1.54, 1.807) is 17.8 Å². The molecular formula is C14H24N2O2S2. The van der Waals surface area contributed by atoms with Gasteiger partial charge in [0.2, 0.25) is 10.0 Å². The number of thioether (sulfide) groups is 1. The first kappa shape index (κ1) is 17.5. The third-order valence-corrected chi connectivity index (χ3v) is 6.08. The predicted molar refractivity (Wildman–Crippen MR) is 86.6 cm³/mol. The van der Waals surface area contributed by atoms with Crippen LogP contribution in [-0.2, 0) is 16.6 Å². The SMILES string of the molecule is CSC(C)CCNS(=O)(=O)c1cc(CN)cc(C)c1C. The highest BCUT2D eigenvalue weighted by Crippen LogP contribution is 2.21. The van der Waals surface area contributed by atoms with Crippen molar-refractivity contribution >= 4 is 21.8 Å². The predicted octanol–water partition coefficient (Wildman–Crippen LogP) is 2.18. The fraction of sp³-hybridized carbons (Fsp3) is 0.571. The summed E-state index contributed by atoms with van der Waals surface area (Å²) in [5.74, 6) is 0. The Kier molecular flexibility index (Phi) is 6.51.